The number of nitrogens with zero attached hydrogens (tertiary/aromatic N) is 2. The predicted octanol–water partition coefficient (Wildman–Crippen LogP) is 6.36. The van der Waals surface area contributed by atoms with Gasteiger partial charge in [-0.05, 0) is 66.4 Å². The Hall–Kier alpha value is -2.25. The third kappa shape index (κ3) is 4.13. The van der Waals surface area contributed by atoms with Crippen LogP contribution in [0.15, 0.2) is 56.8 Å². The molecule has 1 saturated heterocycles. The van der Waals surface area contributed by atoms with Gasteiger partial charge >= 0.3 is 0 Å². The molecule has 2 heterocycles. The van der Waals surface area contributed by atoms with Crippen LogP contribution < -0.4 is 9.47 Å². The number of aliphatic imine (C=N–C) groups is 1. The van der Waals surface area contributed by atoms with Crippen molar-refractivity contribution in [3.05, 3.63) is 57.4 Å². The molecule has 1 amide bonds. The van der Waals surface area contributed by atoms with Crippen molar-refractivity contribution in [1.82, 2.24) is 4.90 Å². The van der Waals surface area contributed by atoms with Gasteiger partial charge in [0.25, 0.3) is 5.91 Å². The Bertz CT molecular complexity index is 1070. The maximum absolute atomic E-state index is 13.6. The molecule has 0 bridgehead atoms. The van der Waals surface area contributed by atoms with Gasteiger partial charge in [0.15, 0.2) is 16.7 Å². The van der Waals surface area contributed by atoms with Crippen LogP contribution in [0.25, 0.3) is 6.08 Å². The molecule has 3 aliphatic rings. The molecule has 1 aliphatic carbocycles. The zero-order chi connectivity index (χ0) is 21.4. The van der Waals surface area contributed by atoms with Crippen molar-refractivity contribution in [1.29, 1.82) is 0 Å². The molecule has 1 saturated carbocycles. The summed E-state index contributed by atoms with van der Waals surface area (Å²) < 4.78 is 11.8. The average Bonchev–Trinajstić information content (AvgIpc) is 3.34. The first-order chi connectivity index (χ1) is 15.1. The number of rotatable bonds is 3. The van der Waals surface area contributed by atoms with Crippen LogP contribution >= 0.6 is 27.7 Å². The van der Waals surface area contributed by atoms with Gasteiger partial charge in [-0.2, -0.15) is 0 Å². The topological polar surface area (TPSA) is 51.1 Å². The number of hydrogen-bond donors (Lipinski definition) is 0. The zero-order valence-electron chi connectivity index (χ0n) is 17.2. The predicted molar refractivity (Wildman–Crippen MR) is 128 cm³/mol. The fourth-order valence-electron chi connectivity index (χ4n) is 4.34. The molecule has 31 heavy (non-hydrogen) atoms. The minimum absolute atomic E-state index is 0.0306. The minimum atomic E-state index is 0.0306. The Morgan fingerprint density at radius 2 is 1.87 bits per heavy atom. The van der Waals surface area contributed by atoms with Crippen molar-refractivity contribution in [3.63, 3.8) is 0 Å². The summed E-state index contributed by atoms with van der Waals surface area (Å²) in [7, 11) is 0. The molecule has 2 aromatic rings. The van der Waals surface area contributed by atoms with Gasteiger partial charge in [-0.25, -0.2) is 4.99 Å². The van der Waals surface area contributed by atoms with Crippen molar-refractivity contribution in [2.24, 2.45) is 10.9 Å². The number of thioether (sulfide) groups is 1. The van der Waals surface area contributed by atoms with Crippen LogP contribution in [0.4, 0.5) is 5.69 Å². The molecule has 0 radical (unpaired) electrons. The molecular formula is C24H23BrN2O3S. The number of amides is 1. The third-order valence-corrected chi connectivity index (χ3v) is 7.66. The smallest absolute Gasteiger partial charge is 0.267 e. The molecule has 2 atom stereocenters. The van der Waals surface area contributed by atoms with Crippen LogP contribution in [0.1, 0.15) is 38.2 Å². The van der Waals surface area contributed by atoms with Gasteiger partial charge in [0.05, 0.1) is 10.6 Å². The first-order valence-electron chi connectivity index (χ1n) is 10.6. The summed E-state index contributed by atoms with van der Waals surface area (Å²) in [6, 6.07) is 13.8. The number of ether oxygens (including phenoxy) is 2. The van der Waals surface area contributed by atoms with Crippen LogP contribution in [0, 0.1) is 5.92 Å². The highest BCUT2D eigenvalue weighted by atomic mass is 79.9. The number of amidine groups is 1. The molecular weight excluding hydrogens is 476 g/mol. The van der Waals surface area contributed by atoms with Gasteiger partial charge in [0.1, 0.15) is 0 Å². The van der Waals surface area contributed by atoms with Gasteiger partial charge in [0, 0.05) is 10.5 Å². The number of para-hydroxylation sites is 1. The normalized spacial score (nSPS) is 25.6. The Morgan fingerprint density at radius 3 is 2.65 bits per heavy atom. The Labute approximate surface area is 194 Å². The maximum Gasteiger partial charge on any atom is 0.267 e. The van der Waals surface area contributed by atoms with Crippen molar-refractivity contribution in [2.75, 3.05) is 6.79 Å². The number of benzene rings is 2. The second-order valence-corrected chi connectivity index (χ2v) is 9.94. The molecule has 5 rings (SSSR count). The summed E-state index contributed by atoms with van der Waals surface area (Å²) in [6.07, 6.45) is 6.46. The van der Waals surface area contributed by atoms with Crippen LogP contribution in [0.2, 0.25) is 0 Å². The Balaban J connectivity index is 1.53. The van der Waals surface area contributed by atoms with Gasteiger partial charge in [-0.3, -0.25) is 9.69 Å². The lowest BCUT2D eigenvalue weighted by Crippen LogP contribution is -2.44. The highest BCUT2D eigenvalue weighted by molar-refractivity contribution is 9.10. The van der Waals surface area contributed by atoms with E-state index in [1.807, 2.05) is 53.4 Å². The molecule has 2 aromatic carbocycles. The summed E-state index contributed by atoms with van der Waals surface area (Å²) >= 11 is 5.05. The minimum Gasteiger partial charge on any atom is -0.454 e. The molecule has 5 nitrogen and oxygen atoms in total. The molecule has 0 N–H and O–H groups in total. The number of carbonyl (C=O) groups excluding carboxylic acids is 1. The van der Waals surface area contributed by atoms with Gasteiger partial charge in [-0.1, -0.05) is 53.9 Å². The van der Waals surface area contributed by atoms with Crippen LogP contribution in [-0.4, -0.2) is 28.8 Å². The third-order valence-electron chi connectivity index (χ3n) is 5.99. The molecule has 2 fully saturated rings. The Kier molecular flexibility index (Phi) is 5.80. The quantitative estimate of drug-likeness (QED) is 0.461. The molecule has 160 valence electrons. The molecule has 7 heteroatoms. The number of halogens is 1. The first-order valence-corrected chi connectivity index (χ1v) is 12.2. The fraction of sp³-hybridized carbons (Fsp3) is 0.333. The monoisotopic (exact) mass is 498 g/mol. The van der Waals surface area contributed by atoms with Crippen molar-refractivity contribution < 1.29 is 14.3 Å². The standard InChI is InChI=1S/C24H23BrN2O3S/c1-15-7-5-6-10-19(15)27-23(28)22(31-24(27)26-17-8-3-2-4-9-17)12-16-11-20-21(13-18(16)25)30-14-29-20/h2-4,8-9,11-13,15,19H,5-7,10,14H2,1H3/b22-12-,26-24?/t15-,19-/m1/s1. The SMILES string of the molecule is C[C@@H]1CCCC[C@H]1N1C(=O)/C(=C/c2cc3c(cc2Br)OCO3)SC1=Nc1ccccc1. The van der Waals surface area contributed by atoms with E-state index >= 15 is 0 Å². The first kappa shape index (κ1) is 20.6. The van der Waals surface area contributed by atoms with Crippen LogP contribution in [-0.2, 0) is 4.79 Å². The van der Waals surface area contributed by atoms with E-state index in [9.17, 15) is 4.79 Å². The summed E-state index contributed by atoms with van der Waals surface area (Å²) in [4.78, 5) is 21.1. The van der Waals surface area contributed by atoms with Gasteiger partial charge in [-0.15, -0.1) is 0 Å². The molecule has 0 aromatic heterocycles. The summed E-state index contributed by atoms with van der Waals surface area (Å²) in [5, 5.41) is 0.762. The van der Waals surface area contributed by atoms with Crippen LogP contribution in [0.5, 0.6) is 11.5 Å². The number of carbonyl (C=O) groups is 1. The van der Waals surface area contributed by atoms with Gasteiger partial charge in [0.2, 0.25) is 6.79 Å². The van der Waals surface area contributed by atoms with E-state index in [1.165, 1.54) is 18.2 Å². The Morgan fingerprint density at radius 1 is 1.13 bits per heavy atom. The summed E-state index contributed by atoms with van der Waals surface area (Å²) in [5.41, 5.74) is 1.74. The lowest BCUT2D eigenvalue weighted by atomic mass is 9.85. The highest BCUT2D eigenvalue weighted by Gasteiger charge is 2.41. The fourth-order valence-corrected chi connectivity index (χ4v) is 5.81. The van der Waals surface area contributed by atoms with E-state index in [-0.39, 0.29) is 18.7 Å². The largest absolute Gasteiger partial charge is 0.454 e. The molecule has 0 spiro atoms. The number of hydrogen-bond acceptors (Lipinski definition) is 5. The zero-order valence-corrected chi connectivity index (χ0v) is 19.6. The average molecular weight is 499 g/mol. The number of fused-ring (bicyclic) bond motifs is 1. The van der Waals surface area contributed by atoms with E-state index < -0.39 is 0 Å². The molecule has 0 unspecified atom stereocenters. The van der Waals surface area contributed by atoms with Gasteiger partial charge < -0.3 is 9.47 Å². The maximum atomic E-state index is 13.6. The van der Waals surface area contributed by atoms with Crippen LogP contribution in [0.3, 0.4) is 0 Å². The van der Waals surface area contributed by atoms with E-state index in [1.54, 1.807) is 0 Å². The van der Waals surface area contributed by atoms with Crippen molar-refractivity contribution in [2.45, 2.75) is 38.6 Å². The van der Waals surface area contributed by atoms with E-state index in [4.69, 9.17) is 14.5 Å². The second-order valence-electron chi connectivity index (χ2n) is 8.07. The van der Waals surface area contributed by atoms with E-state index in [0.717, 1.165) is 40.2 Å². The summed E-state index contributed by atoms with van der Waals surface area (Å²) in [5.74, 6) is 1.89. The summed E-state index contributed by atoms with van der Waals surface area (Å²) in [6.45, 7) is 2.47. The molecule has 2 aliphatic heterocycles. The highest BCUT2D eigenvalue weighted by Crippen LogP contribution is 2.42. The van der Waals surface area contributed by atoms with E-state index in [2.05, 4.69) is 22.9 Å². The lowest BCUT2D eigenvalue weighted by molar-refractivity contribution is -0.124. The lowest BCUT2D eigenvalue weighted by Gasteiger charge is -2.35. The van der Waals surface area contributed by atoms with Crippen molar-refractivity contribution in [3.8, 4) is 11.5 Å². The second kappa shape index (κ2) is 8.71. The van der Waals surface area contributed by atoms with Crippen molar-refractivity contribution >= 4 is 50.5 Å². The van der Waals surface area contributed by atoms with E-state index in [0.29, 0.717) is 22.3 Å².